The minimum atomic E-state index is -0.214. The van der Waals surface area contributed by atoms with Crippen LogP contribution >= 0.6 is 23.2 Å². The number of halogens is 2. The molecule has 0 heterocycles. The zero-order valence-electron chi connectivity index (χ0n) is 9.97. The summed E-state index contributed by atoms with van der Waals surface area (Å²) in [6.07, 6.45) is 5.74. The highest BCUT2D eigenvalue weighted by molar-refractivity contribution is 6.39. The number of carbonyl (C=O) groups is 1. The van der Waals surface area contributed by atoms with Crippen molar-refractivity contribution in [1.29, 1.82) is 0 Å². The lowest BCUT2D eigenvalue weighted by Gasteiger charge is -2.12. The number of anilines is 1. The van der Waals surface area contributed by atoms with Crippen molar-refractivity contribution in [2.24, 2.45) is 0 Å². The molecule has 0 aliphatic carbocycles. The van der Waals surface area contributed by atoms with Gasteiger partial charge in [-0.3, -0.25) is 4.79 Å². The maximum Gasteiger partial charge on any atom is 0.238 e. The van der Waals surface area contributed by atoms with E-state index < -0.39 is 0 Å². The zero-order valence-corrected chi connectivity index (χ0v) is 11.5. The van der Waals surface area contributed by atoms with Crippen molar-refractivity contribution in [1.82, 2.24) is 5.32 Å². The van der Waals surface area contributed by atoms with Crippen LogP contribution in [0, 0.1) is 12.3 Å². The fraction of sp³-hybridized carbons (Fsp3) is 0.308. The topological polar surface area (TPSA) is 41.1 Å². The lowest BCUT2D eigenvalue weighted by atomic mass is 10.2. The number of benzene rings is 1. The predicted octanol–water partition coefficient (Wildman–Crippen LogP) is 2.93. The van der Waals surface area contributed by atoms with Gasteiger partial charge in [0.15, 0.2) is 0 Å². The minimum Gasteiger partial charge on any atom is -0.322 e. The monoisotopic (exact) mass is 284 g/mol. The summed E-state index contributed by atoms with van der Waals surface area (Å²) in [7, 11) is 0. The maximum absolute atomic E-state index is 11.7. The zero-order chi connectivity index (χ0) is 13.5. The van der Waals surface area contributed by atoms with Crippen molar-refractivity contribution in [3.63, 3.8) is 0 Å². The first kappa shape index (κ1) is 14.8. The van der Waals surface area contributed by atoms with Crippen LogP contribution in [0.2, 0.25) is 10.0 Å². The van der Waals surface area contributed by atoms with Crippen LogP contribution in [0.15, 0.2) is 18.2 Å². The molecule has 3 nitrogen and oxygen atoms in total. The second-order valence-corrected chi connectivity index (χ2v) is 4.65. The van der Waals surface area contributed by atoms with Crippen molar-refractivity contribution in [2.75, 3.05) is 11.9 Å². The molecule has 0 aliphatic heterocycles. The van der Waals surface area contributed by atoms with E-state index in [9.17, 15) is 4.79 Å². The SMILES string of the molecule is C#CCC(C)NCC(=O)Nc1c(Cl)cccc1Cl. The molecule has 0 spiro atoms. The molecule has 0 aromatic heterocycles. The summed E-state index contributed by atoms with van der Waals surface area (Å²) in [5.41, 5.74) is 0.428. The number of amides is 1. The molecule has 96 valence electrons. The molecule has 18 heavy (non-hydrogen) atoms. The third-order valence-corrected chi connectivity index (χ3v) is 2.89. The summed E-state index contributed by atoms with van der Waals surface area (Å²) in [6, 6.07) is 5.13. The Morgan fingerprint density at radius 3 is 2.61 bits per heavy atom. The third kappa shape index (κ3) is 4.58. The highest BCUT2D eigenvalue weighted by atomic mass is 35.5. The molecule has 0 radical (unpaired) electrons. The van der Waals surface area contributed by atoms with E-state index in [0.717, 1.165) is 0 Å². The second-order valence-electron chi connectivity index (χ2n) is 3.84. The largest absolute Gasteiger partial charge is 0.322 e. The Labute approximate surface area is 117 Å². The number of hydrogen-bond donors (Lipinski definition) is 2. The van der Waals surface area contributed by atoms with Gasteiger partial charge in [0, 0.05) is 12.5 Å². The van der Waals surface area contributed by atoms with Crippen LogP contribution in [0.3, 0.4) is 0 Å². The number of rotatable bonds is 5. The molecule has 1 amide bonds. The summed E-state index contributed by atoms with van der Waals surface area (Å²) in [5, 5.41) is 6.48. The number of nitrogens with one attached hydrogen (secondary N) is 2. The van der Waals surface area contributed by atoms with Crippen LogP contribution < -0.4 is 10.6 Å². The molecule has 1 unspecified atom stereocenters. The van der Waals surface area contributed by atoms with E-state index in [1.165, 1.54) is 0 Å². The average Bonchev–Trinajstić information content (AvgIpc) is 2.32. The van der Waals surface area contributed by atoms with Gasteiger partial charge in [-0.2, -0.15) is 0 Å². The lowest BCUT2D eigenvalue weighted by Crippen LogP contribution is -2.34. The van der Waals surface area contributed by atoms with Gasteiger partial charge < -0.3 is 10.6 Å². The Bertz CT molecular complexity index is 448. The summed E-state index contributed by atoms with van der Waals surface area (Å²) in [4.78, 5) is 11.7. The molecule has 0 bridgehead atoms. The number of hydrogen-bond acceptors (Lipinski definition) is 2. The van der Waals surface area contributed by atoms with E-state index in [4.69, 9.17) is 29.6 Å². The van der Waals surface area contributed by atoms with Crippen molar-refractivity contribution < 1.29 is 4.79 Å². The van der Waals surface area contributed by atoms with Gasteiger partial charge in [0.25, 0.3) is 0 Å². The van der Waals surface area contributed by atoms with E-state index in [1.54, 1.807) is 18.2 Å². The average molecular weight is 285 g/mol. The normalized spacial score (nSPS) is 11.7. The van der Waals surface area contributed by atoms with E-state index >= 15 is 0 Å². The molecular weight excluding hydrogens is 271 g/mol. The van der Waals surface area contributed by atoms with Crippen LogP contribution in [0.1, 0.15) is 13.3 Å². The smallest absolute Gasteiger partial charge is 0.238 e. The molecule has 0 saturated heterocycles. The molecule has 0 fully saturated rings. The predicted molar refractivity (Wildman–Crippen MR) is 76.0 cm³/mol. The third-order valence-electron chi connectivity index (χ3n) is 2.26. The van der Waals surface area contributed by atoms with Gasteiger partial charge >= 0.3 is 0 Å². The van der Waals surface area contributed by atoms with Crippen molar-refractivity contribution in [2.45, 2.75) is 19.4 Å². The molecule has 2 N–H and O–H groups in total. The molecule has 1 rings (SSSR count). The number of terminal acetylenes is 1. The molecule has 1 aromatic rings. The molecular formula is C13H14Cl2N2O. The van der Waals surface area contributed by atoms with Crippen LogP contribution in [0.25, 0.3) is 0 Å². The summed E-state index contributed by atoms with van der Waals surface area (Å²) < 4.78 is 0. The summed E-state index contributed by atoms with van der Waals surface area (Å²) in [5.74, 6) is 2.31. The summed E-state index contributed by atoms with van der Waals surface area (Å²) >= 11 is 11.9. The van der Waals surface area contributed by atoms with E-state index in [-0.39, 0.29) is 18.5 Å². The second kappa shape index (κ2) is 7.27. The minimum absolute atomic E-state index is 0.0856. The lowest BCUT2D eigenvalue weighted by molar-refractivity contribution is -0.115. The first-order valence-electron chi connectivity index (χ1n) is 5.45. The van der Waals surface area contributed by atoms with E-state index in [1.807, 2.05) is 6.92 Å². The standard InChI is InChI=1S/C13H14Cl2N2O/c1-3-5-9(2)16-8-12(18)17-13-10(14)6-4-7-11(13)15/h1,4,6-7,9,16H,5,8H2,2H3,(H,17,18). The van der Waals surface area contributed by atoms with Crippen LogP contribution in [0.5, 0.6) is 0 Å². The first-order valence-corrected chi connectivity index (χ1v) is 6.21. The van der Waals surface area contributed by atoms with Crippen molar-refractivity contribution in [3.05, 3.63) is 28.2 Å². The molecule has 1 atom stereocenters. The molecule has 0 saturated carbocycles. The van der Waals surface area contributed by atoms with Gasteiger partial charge in [-0.25, -0.2) is 0 Å². The molecule has 0 aliphatic rings. The van der Waals surface area contributed by atoms with Gasteiger partial charge in [0.2, 0.25) is 5.91 Å². The molecule has 1 aromatic carbocycles. The van der Waals surface area contributed by atoms with Gasteiger partial charge in [-0.15, -0.1) is 12.3 Å². The summed E-state index contributed by atoms with van der Waals surface area (Å²) in [6.45, 7) is 2.07. The van der Waals surface area contributed by atoms with Gasteiger partial charge in [-0.05, 0) is 19.1 Å². The Kier molecular flexibility index (Phi) is 6.00. The fourth-order valence-electron chi connectivity index (χ4n) is 1.32. The highest BCUT2D eigenvalue weighted by Gasteiger charge is 2.10. The van der Waals surface area contributed by atoms with E-state index in [2.05, 4.69) is 16.6 Å². The molecule has 5 heteroatoms. The Hall–Kier alpha value is -1.21. The van der Waals surface area contributed by atoms with Crippen LogP contribution in [0.4, 0.5) is 5.69 Å². The van der Waals surface area contributed by atoms with Crippen molar-refractivity contribution >= 4 is 34.8 Å². The number of para-hydroxylation sites is 1. The maximum atomic E-state index is 11.7. The van der Waals surface area contributed by atoms with Crippen LogP contribution in [-0.4, -0.2) is 18.5 Å². The highest BCUT2D eigenvalue weighted by Crippen LogP contribution is 2.29. The Morgan fingerprint density at radius 1 is 1.44 bits per heavy atom. The Balaban J connectivity index is 2.53. The fourth-order valence-corrected chi connectivity index (χ4v) is 1.81. The van der Waals surface area contributed by atoms with Gasteiger partial charge in [0.1, 0.15) is 0 Å². The quantitative estimate of drug-likeness (QED) is 0.817. The number of carbonyl (C=O) groups excluding carboxylic acids is 1. The van der Waals surface area contributed by atoms with Crippen LogP contribution in [-0.2, 0) is 4.79 Å². The van der Waals surface area contributed by atoms with Gasteiger partial charge in [-0.1, -0.05) is 29.3 Å². The van der Waals surface area contributed by atoms with Crippen molar-refractivity contribution in [3.8, 4) is 12.3 Å². The first-order chi connectivity index (χ1) is 8.54. The van der Waals surface area contributed by atoms with E-state index in [0.29, 0.717) is 22.2 Å². The van der Waals surface area contributed by atoms with Gasteiger partial charge in [0.05, 0.1) is 22.3 Å². The Morgan fingerprint density at radius 2 is 2.06 bits per heavy atom.